The van der Waals surface area contributed by atoms with Gasteiger partial charge in [-0.25, -0.2) is 8.42 Å². The standard InChI is InChI=1S/C32H38BrN3O6S/c1-32(2,3)34-31(38)27(19-23-10-6-5-7-11-23)35(21-24-12-8-13-25(33)18-24)30(37)14-9-17-36(43(4,39)40)26-15-16-28-29(20-26)42-22-41-28/h5-8,10-13,15-16,18,20,27H,9,14,17,19,21-22H2,1-4H3,(H,34,38)/t27-/m1/s1. The van der Waals surface area contributed by atoms with E-state index in [9.17, 15) is 18.0 Å². The van der Waals surface area contributed by atoms with E-state index >= 15 is 0 Å². The van der Waals surface area contributed by atoms with E-state index in [1.165, 1.54) is 4.31 Å². The molecule has 1 aliphatic heterocycles. The lowest BCUT2D eigenvalue weighted by Crippen LogP contribution is -2.54. The van der Waals surface area contributed by atoms with Crippen LogP contribution >= 0.6 is 15.9 Å². The molecule has 0 radical (unpaired) electrons. The zero-order chi connectivity index (χ0) is 31.2. The van der Waals surface area contributed by atoms with Crippen molar-refractivity contribution in [1.82, 2.24) is 10.2 Å². The first-order valence-corrected chi connectivity index (χ1v) is 16.7. The molecule has 0 spiro atoms. The number of benzene rings is 3. The van der Waals surface area contributed by atoms with E-state index in [1.54, 1.807) is 23.1 Å². The fourth-order valence-electron chi connectivity index (χ4n) is 4.88. The molecule has 0 saturated heterocycles. The fraction of sp³-hybridized carbons (Fsp3) is 0.375. The minimum Gasteiger partial charge on any atom is -0.454 e. The number of carbonyl (C=O) groups is 2. The van der Waals surface area contributed by atoms with Gasteiger partial charge in [0.05, 0.1) is 11.9 Å². The molecule has 1 atom stereocenters. The van der Waals surface area contributed by atoms with Crippen molar-refractivity contribution in [2.75, 3.05) is 23.9 Å². The van der Waals surface area contributed by atoms with Crippen LogP contribution in [0, 0.1) is 0 Å². The summed E-state index contributed by atoms with van der Waals surface area (Å²) in [5.74, 6) is 0.520. The Bertz CT molecular complexity index is 1540. The molecular weight excluding hydrogens is 634 g/mol. The normalized spacial score (nSPS) is 13.3. The van der Waals surface area contributed by atoms with Crippen LogP contribution in [0.1, 0.15) is 44.7 Å². The first-order chi connectivity index (χ1) is 20.3. The van der Waals surface area contributed by atoms with Gasteiger partial charge in [-0.1, -0.05) is 58.4 Å². The second-order valence-corrected chi connectivity index (χ2v) is 14.4. The first-order valence-electron chi connectivity index (χ1n) is 14.1. The minimum absolute atomic E-state index is 0.0403. The third kappa shape index (κ3) is 9.21. The van der Waals surface area contributed by atoms with Gasteiger partial charge in [0.1, 0.15) is 6.04 Å². The lowest BCUT2D eigenvalue weighted by Gasteiger charge is -2.34. The largest absolute Gasteiger partial charge is 0.454 e. The number of fused-ring (bicyclic) bond motifs is 1. The average Bonchev–Trinajstić information content (AvgIpc) is 3.40. The fourth-order valence-corrected chi connectivity index (χ4v) is 6.29. The number of sulfonamides is 1. The SMILES string of the molecule is CC(C)(C)NC(=O)[C@@H](Cc1ccccc1)N(Cc1cccc(Br)c1)C(=O)CCCN(c1ccc2c(c1)OCO2)S(C)(=O)=O. The van der Waals surface area contributed by atoms with Crippen LogP contribution in [0.5, 0.6) is 11.5 Å². The number of hydrogen-bond donors (Lipinski definition) is 1. The van der Waals surface area contributed by atoms with Crippen LogP contribution in [0.25, 0.3) is 0 Å². The number of nitrogens with one attached hydrogen (secondary N) is 1. The zero-order valence-electron chi connectivity index (χ0n) is 24.9. The van der Waals surface area contributed by atoms with E-state index in [0.29, 0.717) is 23.6 Å². The van der Waals surface area contributed by atoms with Gasteiger partial charge in [0.25, 0.3) is 0 Å². The van der Waals surface area contributed by atoms with E-state index in [2.05, 4.69) is 21.2 Å². The van der Waals surface area contributed by atoms with Crippen molar-refractivity contribution in [3.05, 3.63) is 88.4 Å². The van der Waals surface area contributed by atoms with Gasteiger partial charge in [0.2, 0.25) is 28.6 Å². The summed E-state index contributed by atoms with van der Waals surface area (Å²) in [6.45, 7) is 6.08. The Balaban J connectivity index is 1.59. The molecule has 3 aromatic carbocycles. The Kier molecular flexibility index (Phi) is 10.4. The first kappa shape index (κ1) is 32.3. The Morgan fingerprint density at radius 1 is 0.953 bits per heavy atom. The molecular formula is C32H38BrN3O6S. The molecule has 4 rings (SSSR count). The highest BCUT2D eigenvalue weighted by Gasteiger charge is 2.32. The highest BCUT2D eigenvalue weighted by Crippen LogP contribution is 2.36. The zero-order valence-corrected chi connectivity index (χ0v) is 27.3. The van der Waals surface area contributed by atoms with E-state index in [-0.39, 0.29) is 44.5 Å². The molecule has 3 aromatic rings. The van der Waals surface area contributed by atoms with Gasteiger partial charge in [-0.3, -0.25) is 13.9 Å². The Morgan fingerprint density at radius 3 is 2.33 bits per heavy atom. The van der Waals surface area contributed by atoms with E-state index < -0.39 is 21.6 Å². The Labute approximate surface area is 262 Å². The van der Waals surface area contributed by atoms with Crippen LogP contribution in [0.4, 0.5) is 5.69 Å². The van der Waals surface area contributed by atoms with Crippen LogP contribution in [-0.2, 0) is 32.6 Å². The number of carbonyl (C=O) groups excluding carboxylic acids is 2. The topological polar surface area (TPSA) is 105 Å². The van der Waals surface area contributed by atoms with E-state index in [4.69, 9.17) is 9.47 Å². The summed E-state index contributed by atoms with van der Waals surface area (Å²) >= 11 is 3.50. The molecule has 2 amide bonds. The van der Waals surface area contributed by atoms with Gasteiger partial charge < -0.3 is 19.7 Å². The van der Waals surface area contributed by atoms with Crippen LogP contribution < -0.4 is 19.1 Å². The molecule has 0 aliphatic carbocycles. The minimum atomic E-state index is -3.65. The van der Waals surface area contributed by atoms with Crippen molar-refractivity contribution in [1.29, 1.82) is 0 Å². The summed E-state index contributed by atoms with van der Waals surface area (Å²) in [5.41, 5.74) is 1.71. The molecule has 1 heterocycles. The van der Waals surface area contributed by atoms with E-state index in [1.807, 2.05) is 75.4 Å². The lowest BCUT2D eigenvalue weighted by atomic mass is 10.00. The van der Waals surface area contributed by atoms with Gasteiger partial charge in [-0.05, 0) is 62.6 Å². The van der Waals surface area contributed by atoms with Crippen molar-refractivity contribution < 1.29 is 27.5 Å². The predicted molar refractivity (Wildman–Crippen MR) is 171 cm³/mol. The predicted octanol–water partition coefficient (Wildman–Crippen LogP) is 5.28. The van der Waals surface area contributed by atoms with Crippen molar-refractivity contribution in [2.45, 2.75) is 58.2 Å². The molecule has 1 N–H and O–H groups in total. The highest BCUT2D eigenvalue weighted by molar-refractivity contribution is 9.10. The Hall–Kier alpha value is -3.57. The van der Waals surface area contributed by atoms with Crippen LogP contribution in [-0.4, -0.2) is 56.3 Å². The van der Waals surface area contributed by atoms with E-state index in [0.717, 1.165) is 21.9 Å². The quantitative estimate of drug-likeness (QED) is 0.281. The number of ether oxygens (including phenoxy) is 2. The maximum Gasteiger partial charge on any atom is 0.243 e. The molecule has 0 saturated carbocycles. The molecule has 0 unspecified atom stereocenters. The lowest BCUT2D eigenvalue weighted by molar-refractivity contribution is -0.142. The summed E-state index contributed by atoms with van der Waals surface area (Å²) in [6.07, 6.45) is 1.74. The summed E-state index contributed by atoms with van der Waals surface area (Å²) in [6, 6.07) is 21.4. The maximum absolute atomic E-state index is 14.0. The van der Waals surface area contributed by atoms with Gasteiger partial charge in [-0.2, -0.15) is 0 Å². The highest BCUT2D eigenvalue weighted by atomic mass is 79.9. The second-order valence-electron chi connectivity index (χ2n) is 11.6. The monoisotopic (exact) mass is 671 g/mol. The summed E-state index contributed by atoms with van der Waals surface area (Å²) in [4.78, 5) is 29.3. The molecule has 0 bridgehead atoms. The maximum atomic E-state index is 14.0. The van der Waals surface area contributed by atoms with Crippen molar-refractivity contribution in [3.8, 4) is 11.5 Å². The number of rotatable bonds is 12. The van der Waals surface area contributed by atoms with Gasteiger partial charge in [-0.15, -0.1) is 0 Å². The third-order valence-electron chi connectivity index (χ3n) is 6.81. The molecule has 0 fully saturated rings. The average molecular weight is 673 g/mol. The molecule has 9 nitrogen and oxygen atoms in total. The van der Waals surface area contributed by atoms with Gasteiger partial charge in [0, 0.05) is 42.0 Å². The van der Waals surface area contributed by atoms with Crippen molar-refractivity contribution in [2.24, 2.45) is 0 Å². The second kappa shape index (κ2) is 13.8. The van der Waals surface area contributed by atoms with Gasteiger partial charge in [0.15, 0.2) is 11.5 Å². The van der Waals surface area contributed by atoms with Crippen molar-refractivity contribution in [3.63, 3.8) is 0 Å². The van der Waals surface area contributed by atoms with Crippen LogP contribution in [0.3, 0.4) is 0 Å². The molecule has 43 heavy (non-hydrogen) atoms. The Morgan fingerprint density at radius 2 is 1.65 bits per heavy atom. The van der Waals surface area contributed by atoms with Crippen LogP contribution in [0.15, 0.2) is 77.3 Å². The van der Waals surface area contributed by atoms with Crippen LogP contribution in [0.2, 0.25) is 0 Å². The summed E-state index contributed by atoms with van der Waals surface area (Å²) in [5, 5.41) is 3.06. The third-order valence-corrected chi connectivity index (χ3v) is 8.49. The number of anilines is 1. The van der Waals surface area contributed by atoms with Crippen molar-refractivity contribution >= 4 is 43.5 Å². The number of hydrogen-bond acceptors (Lipinski definition) is 6. The number of amides is 2. The number of nitrogens with zero attached hydrogens (tertiary/aromatic N) is 2. The molecule has 11 heteroatoms. The molecule has 1 aliphatic rings. The molecule has 230 valence electrons. The molecule has 0 aromatic heterocycles. The summed E-state index contributed by atoms with van der Waals surface area (Å²) in [7, 11) is -3.65. The smallest absolute Gasteiger partial charge is 0.243 e. The summed E-state index contributed by atoms with van der Waals surface area (Å²) < 4.78 is 38.4. The van der Waals surface area contributed by atoms with Gasteiger partial charge >= 0.3 is 0 Å². The number of halogens is 1.